The number of benzene rings is 2. The van der Waals surface area contributed by atoms with Crippen LogP contribution in [0.25, 0.3) is 10.9 Å². The molecule has 0 saturated heterocycles. The van der Waals surface area contributed by atoms with Gasteiger partial charge in [0.25, 0.3) is 5.56 Å². The fraction of sp³-hybridized carbons (Fsp3) is 0.263. The van der Waals surface area contributed by atoms with Gasteiger partial charge in [-0.3, -0.25) is 9.59 Å². The highest BCUT2D eigenvalue weighted by Crippen LogP contribution is 2.21. The van der Waals surface area contributed by atoms with Crippen LogP contribution < -0.4 is 10.9 Å². The van der Waals surface area contributed by atoms with Crippen LogP contribution in [0.4, 0.5) is 0 Å². The summed E-state index contributed by atoms with van der Waals surface area (Å²) >= 11 is 0. The van der Waals surface area contributed by atoms with Crippen molar-refractivity contribution in [3.63, 3.8) is 0 Å². The molecule has 0 bridgehead atoms. The van der Waals surface area contributed by atoms with Gasteiger partial charge < -0.3 is 5.32 Å². The van der Waals surface area contributed by atoms with E-state index in [4.69, 9.17) is 0 Å². The maximum atomic E-state index is 12.5. The summed E-state index contributed by atoms with van der Waals surface area (Å²) < 4.78 is 1.10. The van der Waals surface area contributed by atoms with Crippen LogP contribution >= 0.6 is 0 Å². The molecule has 0 saturated carbocycles. The molecule has 2 aromatic carbocycles. The molecular weight excluding hydrogens is 316 g/mol. The van der Waals surface area contributed by atoms with E-state index in [0.29, 0.717) is 10.9 Å². The van der Waals surface area contributed by atoms with Crippen LogP contribution in [0.5, 0.6) is 0 Å². The molecule has 0 aliphatic rings. The van der Waals surface area contributed by atoms with Gasteiger partial charge >= 0.3 is 0 Å². The number of carbonyl (C=O) groups excluding carboxylic acids is 1. The topological polar surface area (TPSA) is 76.9 Å². The third kappa shape index (κ3) is 3.74. The van der Waals surface area contributed by atoms with Crippen molar-refractivity contribution in [2.24, 2.45) is 5.92 Å². The van der Waals surface area contributed by atoms with Gasteiger partial charge in [-0.15, -0.1) is 5.10 Å². The molecule has 0 spiro atoms. The minimum atomic E-state index is -0.318. The molecule has 0 radical (unpaired) electrons. The van der Waals surface area contributed by atoms with Crippen molar-refractivity contribution in [2.75, 3.05) is 0 Å². The second kappa shape index (κ2) is 7.25. The Morgan fingerprint density at radius 2 is 1.76 bits per heavy atom. The van der Waals surface area contributed by atoms with E-state index in [9.17, 15) is 9.59 Å². The van der Waals surface area contributed by atoms with Crippen LogP contribution in [0.15, 0.2) is 59.4 Å². The Morgan fingerprint density at radius 3 is 2.48 bits per heavy atom. The second-order valence-corrected chi connectivity index (χ2v) is 6.27. The maximum absolute atomic E-state index is 12.5. The highest BCUT2D eigenvalue weighted by atomic mass is 16.2. The quantitative estimate of drug-likeness (QED) is 0.775. The molecule has 1 N–H and O–H groups in total. The van der Waals surface area contributed by atoms with Crippen molar-refractivity contribution >= 4 is 16.8 Å². The summed E-state index contributed by atoms with van der Waals surface area (Å²) in [6.45, 7) is 3.92. The van der Waals surface area contributed by atoms with Crippen molar-refractivity contribution in [1.82, 2.24) is 20.3 Å². The summed E-state index contributed by atoms with van der Waals surface area (Å²) in [7, 11) is 0. The smallest absolute Gasteiger partial charge is 0.278 e. The Hall–Kier alpha value is -3.02. The van der Waals surface area contributed by atoms with E-state index in [1.807, 2.05) is 44.2 Å². The van der Waals surface area contributed by atoms with Gasteiger partial charge in [0.2, 0.25) is 5.91 Å². The third-order valence-electron chi connectivity index (χ3n) is 4.06. The first-order chi connectivity index (χ1) is 12.1. The number of nitrogens with one attached hydrogen (secondary N) is 1. The highest BCUT2D eigenvalue weighted by Gasteiger charge is 2.19. The lowest BCUT2D eigenvalue weighted by molar-refractivity contribution is -0.123. The van der Waals surface area contributed by atoms with Crippen LogP contribution in [-0.2, 0) is 11.3 Å². The van der Waals surface area contributed by atoms with Crippen molar-refractivity contribution in [3.05, 3.63) is 70.5 Å². The number of fused-ring (bicyclic) bond motifs is 1. The summed E-state index contributed by atoms with van der Waals surface area (Å²) in [5.41, 5.74) is 1.23. The lowest BCUT2D eigenvalue weighted by atomic mass is 9.96. The molecular formula is C19H20N4O2. The van der Waals surface area contributed by atoms with Crippen molar-refractivity contribution in [2.45, 2.75) is 26.4 Å². The molecule has 3 rings (SSSR count). The number of rotatable bonds is 5. The van der Waals surface area contributed by atoms with Crippen LogP contribution in [0.3, 0.4) is 0 Å². The number of amides is 1. The van der Waals surface area contributed by atoms with E-state index < -0.39 is 0 Å². The first-order valence-corrected chi connectivity index (χ1v) is 8.23. The molecule has 0 aliphatic heterocycles. The van der Waals surface area contributed by atoms with Gasteiger partial charge in [0.1, 0.15) is 12.1 Å². The van der Waals surface area contributed by atoms with Crippen LogP contribution in [-0.4, -0.2) is 20.9 Å². The van der Waals surface area contributed by atoms with Crippen molar-refractivity contribution in [3.8, 4) is 0 Å². The van der Waals surface area contributed by atoms with Gasteiger partial charge in [0, 0.05) is 0 Å². The normalized spacial score (nSPS) is 12.3. The fourth-order valence-electron chi connectivity index (χ4n) is 2.78. The molecule has 1 aromatic heterocycles. The van der Waals surface area contributed by atoms with Crippen LogP contribution in [0.1, 0.15) is 25.5 Å². The molecule has 6 heteroatoms. The van der Waals surface area contributed by atoms with Gasteiger partial charge in [-0.1, -0.05) is 61.5 Å². The van der Waals surface area contributed by atoms with Gasteiger partial charge in [-0.05, 0) is 23.6 Å². The van der Waals surface area contributed by atoms with Crippen molar-refractivity contribution in [1.29, 1.82) is 0 Å². The number of carbonyl (C=O) groups is 1. The van der Waals surface area contributed by atoms with E-state index in [1.54, 1.807) is 24.3 Å². The monoisotopic (exact) mass is 336 g/mol. The van der Waals surface area contributed by atoms with Gasteiger partial charge in [0.15, 0.2) is 0 Å². The largest absolute Gasteiger partial charge is 0.347 e. The van der Waals surface area contributed by atoms with Crippen LogP contribution in [0, 0.1) is 5.92 Å². The molecule has 0 aliphatic carbocycles. The zero-order chi connectivity index (χ0) is 17.8. The molecule has 128 valence electrons. The molecule has 1 heterocycles. The summed E-state index contributed by atoms with van der Waals surface area (Å²) in [6.07, 6.45) is 0. The number of aromatic nitrogens is 3. The molecule has 1 atom stereocenters. The number of hydrogen-bond donors (Lipinski definition) is 1. The minimum absolute atomic E-state index is 0.127. The lowest BCUT2D eigenvalue weighted by Crippen LogP contribution is -2.37. The number of hydrogen-bond acceptors (Lipinski definition) is 4. The fourth-order valence-corrected chi connectivity index (χ4v) is 2.78. The van der Waals surface area contributed by atoms with Gasteiger partial charge in [-0.2, -0.15) is 0 Å². The predicted octanol–water partition coefficient (Wildman–Crippen LogP) is 2.30. The summed E-state index contributed by atoms with van der Waals surface area (Å²) in [4.78, 5) is 24.9. The van der Waals surface area contributed by atoms with Crippen LogP contribution in [0.2, 0.25) is 0 Å². The maximum Gasteiger partial charge on any atom is 0.278 e. The van der Waals surface area contributed by atoms with Crippen molar-refractivity contribution < 1.29 is 4.79 Å². The summed E-state index contributed by atoms with van der Waals surface area (Å²) in [5, 5.41) is 11.3. The van der Waals surface area contributed by atoms with E-state index in [2.05, 4.69) is 15.6 Å². The Kier molecular flexibility index (Phi) is 4.88. The second-order valence-electron chi connectivity index (χ2n) is 6.27. The standard InChI is InChI=1S/C19H20N4O2/c1-13(2)18(14-8-4-3-5-9-14)20-17(24)12-23-19(25)15-10-6-7-11-16(15)21-22-23/h3-11,13,18H,12H2,1-2H3,(H,20,24). The Labute approximate surface area is 145 Å². The molecule has 0 fully saturated rings. The van der Waals surface area contributed by atoms with E-state index in [1.165, 1.54) is 0 Å². The average Bonchev–Trinajstić information content (AvgIpc) is 2.63. The molecule has 6 nitrogen and oxygen atoms in total. The van der Waals surface area contributed by atoms with Gasteiger partial charge in [0.05, 0.1) is 11.4 Å². The number of nitrogens with zero attached hydrogens (tertiary/aromatic N) is 3. The molecule has 1 amide bonds. The molecule has 25 heavy (non-hydrogen) atoms. The third-order valence-corrected chi connectivity index (χ3v) is 4.06. The first-order valence-electron chi connectivity index (χ1n) is 8.23. The zero-order valence-electron chi connectivity index (χ0n) is 14.2. The van der Waals surface area contributed by atoms with Gasteiger partial charge in [-0.25, -0.2) is 4.68 Å². The Bertz CT molecular complexity index is 935. The van der Waals surface area contributed by atoms with E-state index in [0.717, 1.165) is 10.2 Å². The summed E-state index contributed by atoms with van der Waals surface area (Å²) in [6, 6.07) is 16.6. The Balaban J connectivity index is 1.80. The first kappa shape index (κ1) is 16.8. The summed E-state index contributed by atoms with van der Waals surface area (Å²) in [5.74, 6) is -0.0556. The van der Waals surface area contributed by atoms with E-state index >= 15 is 0 Å². The molecule has 1 unspecified atom stereocenters. The molecule has 3 aromatic rings. The van der Waals surface area contributed by atoms with E-state index in [-0.39, 0.29) is 30.0 Å². The Morgan fingerprint density at radius 1 is 1.08 bits per heavy atom. The SMILES string of the molecule is CC(C)C(NC(=O)Cn1nnc2ccccc2c1=O)c1ccccc1. The highest BCUT2D eigenvalue weighted by molar-refractivity contribution is 5.78. The minimum Gasteiger partial charge on any atom is -0.347 e. The zero-order valence-corrected chi connectivity index (χ0v) is 14.2. The lowest BCUT2D eigenvalue weighted by Gasteiger charge is -2.23. The predicted molar refractivity (Wildman–Crippen MR) is 96.0 cm³/mol. The average molecular weight is 336 g/mol.